The number of hydrogen-bond donors (Lipinski definition) is 0. The number of benzene rings is 1. The first-order chi connectivity index (χ1) is 7.68. The molecule has 1 aliphatic carbocycles. The molecule has 1 aromatic rings. The Morgan fingerprint density at radius 3 is 2.69 bits per heavy atom. The minimum absolute atomic E-state index is 0.255. The number of Topliss-reactive ketones (excluding diaryl/α,β-unsaturated/α-hetero) is 1. The Kier molecular flexibility index (Phi) is 3.42. The summed E-state index contributed by atoms with van der Waals surface area (Å²) >= 11 is 0. The molecule has 0 aromatic heterocycles. The van der Waals surface area contributed by atoms with Gasteiger partial charge >= 0.3 is 0 Å². The van der Waals surface area contributed by atoms with Gasteiger partial charge in [-0.25, -0.2) is 0 Å². The van der Waals surface area contributed by atoms with Crippen LogP contribution in [0, 0.1) is 5.41 Å². The molecule has 2 rings (SSSR count). The van der Waals surface area contributed by atoms with Gasteiger partial charge in [0.1, 0.15) is 5.78 Å². The van der Waals surface area contributed by atoms with Crippen LogP contribution in [0.2, 0.25) is 0 Å². The predicted octanol–water partition coefficient (Wildman–Crippen LogP) is 3.77. The first-order valence-corrected chi connectivity index (χ1v) is 6.24. The van der Waals surface area contributed by atoms with Gasteiger partial charge in [-0.3, -0.25) is 4.79 Å². The average Bonchev–Trinajstić information content (AvgIpc) is 2.28. The van der Waals surface area contributed by atoms with Crippen molar-refractivity contribution >= 4 is 5.78 Å². The summed E-state index contributed by atoms with van der Waals surface area (Å²) in [5.74, 6) is 0.460. The van der Waals surface area contributed by atoms with Crippen molar-refractivity contribution < 1.29 is 4.79 Å². The molecule has 0 aliphatic heterocycles. The summed E-state index contributed by atoms with van der Waals surface area (Å²) in [4.78, 5) is 11.5. The number of carbonyl (C=O) groups is 1. The molecule has 1 nitrogen and oxygen atoms in total. The minimum atomic E-state index is 0.255. The van der Waals surface area contributed by atoms with E-state index in [-0.39, 0.29) is 5.41 Å². The molecular weight excluding hydrogens is 196 g/mol. The molecule has 1 aromatic carbocycles. The lowest BCUT2D eigenvalue weighted by atomic mass is 9.72. The smallest absolute Gasteiger partial charge is 0.133 e. The lowest BCUT2D eigenvalue weighted by Gasteiger charge is -2.32. The number of ketones is 1. The zero-order chi connectivity index (χ0) is 11.4. The standard InChI is InChI=1S/C15H20O/c1-15(10-5-8-14(16)12-15)11-9-13-6-3-2-4-7-13/h2-4,6-7H,5,8-12H2,1H3. The SMILES string of the molecule is CC1(CCc2ccccc2)CCCC(=O)C1. The molecule has 1 fully saturated rings. The molecule has 0 N–H and O–H groups in total. The van der Waals surface area contributed by atoms with Gasteiger partial charge in [-0.15, -0.1) is 0 Å². The van der Waals surface area contributed by atoms with Crippen LogP contribution in [0.25, 0.3) is 0 Å². The van der Waals surface area contributed by atoms with Gasteiger partial charge in [0.15, 0.2) is 0 Å². The number of rotatable bonds is 3. The van der Waals surface area contributed by atoms with E-state index in [0.717, 1.165) is 32.1 Å². The Hall–Kier alpha value is -1.11. The molecule has 0 bridgehead atoms. The van der Waals surface area contributed by atoms with E-state index in [9.17, 15) is 4.79 Å². The fourth-order valence-electron chi connectivity index (χ4n) is 2.67. The van der Waals surface area contributed by atoms with E-state index >= 15 is 0 Å². The van der Waals surface area contributed by atoms with E-state index in [4.69, 9.17) is 0 Å². The van der Waals surface area contributed by atoms with Crippen molar-refractivity contribution in [3.05, 3.63) is 35.9 Å². The summed E-state index contributed by atoms with van der Waals surface area (Å²) < 4.78 is 0. The second kappa shape index (κ2) is 4.82. The van der Waals surface area contributed by atoms with Crippen LogP contribution >= 0.6 is 0 Å². The third-order valence-electron chi connectivity index (χ3n) is 3.72. The fraction of sp³-hybridized carbons (Fsp3) is 0.533. The number of aryl methyl sites for hydroxylation is 1. The van der Waals surface area contributed by atoms with Gasteiger partial charge in [0, 0.05) is 12.8 Å². The van der Waals surface area contributed by atoms with Crippen LogP contribution in [-0.4, -0.2) is 5.78 Å². The number of hydrogen-bond acceptors (Lipinski definition) is 1. The minimum Gasteiger partial charge on any atom is -0.300 e. The van der Waals surface area contributed by atoms with Crippen LogP contribution < -0.4 is 0 Å². The molecule has 1 heteroatoms. The summed E-state index contributed by atoms with van der Waals surface area (Å²) in [6.07, 6.45) is 6.14. The Morgan fingerprint density at radius 2 is 2.00 bits per heavy atom. The molecule has 86 valence electrons. The molecule has 0 radical (unpaired) electrons. The maximum atomic E-state index is 11.5. The summed E-state index contributed by atoms with van der Waals surface area (Å²) in [6.45, 7) is 2.27. The lowest BCUT2D eigenvalue weighted by molar-refractivity contribution is -0.123. The van der Waals surface area contributed by atoms with Gasteiger partial charge in [0.2, 0.25) is 0 Å². The average molecular weight is 216 g/mol. The Morgan fingerprint density at radius 1 is 1.25 bits per heavy atom. The summed E-state index contributed by atoms with van der Waals surface area (Å²) in [7, 11) is 0. The maximum Gasteiger partial charge on any atom is 0.133 e. The summed E-state index contributed by atoms with van der Waals surface area (Å²) in [5, 5.41) is 0. The van der Waals surface area contributed by atoms with Crippen LogP contribution in [0.3, 0.4) is 0 Å². The largest absolute Gasteiger partial charge is 0.300 e. The topological polar surface area (TPSA) is 17.1 Å². The van der Waals surface area contributed by atoms with Crippen molar-refractivity contribution in [2.45, 2.75) is 45.4 Å². The van der Waals surface area contributed by atoms with Gasteiger partial charge in [0.25, 0.3) is 0 Å². The molecular formula is C15H20O. The Balaban J connectivity index is 1.91. The quantitative estimate of drug-likeness (QED) is 0.751. The zero-order valence-electron chi connectivity index (χ0n) is 10.0. The monoisotopic (exact) mass is 216 g/mol. The molecule has 0 saturated heterocycles. The van der Waals surface area contributed by atoms with Gasteiger partial charge in [-0.05, 0) is 36.7 Å². The van der Waals surface area contributed by atoms with E-state index in [2.05, 4.69) is 37.3 Å². The molecule has 0 amide bonds. The molecule has 0 spiro atoms. The van der Waals surface area contributed by atoms with E-state index in [1.54, 1.807) is 0 Å². The highest BCUT2D eigenvalue weighted by molar-refractivity contribution is 5.79. The molecule has 1 unspecified atom stereocenters. The van der Waals surface area contributed by atoms with Crippen molar-refractivity contribution in [3.8, 4) is 0 Å². The lowest BCUT2D eigenvalue weighted by Crippen LogP contribution is -2.26. The van der Waals surface area contributed by atoms with Crippen LogP contribution in [-0.2, 0) is 11.2 Å². The number of carbonyl (C=O) groups excluding carboxylic acids is 1. The van der Waals surface area contributed by atoms with Gasteiger partial charge < -0.3 is 0 Å². The second-order valence-electron chi connectivity index (χ2n) is 5.37. The predicted molar refractivity (Wildman–Crippen MR) is 66.3 cm³/mol. The van der Waals surface area contributed by atoms with Crippen molar-refractivity contribution in [1.82, 2.24) is 0 Å². The first-order valence-electron chi connectivity index (χ1n) is 6.24. The normalized spacial score (nSPS) is 25.7. The van der Waals surface area contributed by atoms with Crippen LogP contribution in [0.1, 0.15) is 44.6 Å². The zero-order valence-corrected chi connectivity index (χ0v) is 10.0. The van der Waals surface area contributed by atoms with Crippen molar-refractivity contribution in [2.24, 2.45) is 5.41 Å². The van der Waals surface area contributed by atoms with Crippen LogP contribution in [0.4, 0.5) is 0 Å². The maximum absolute atomic E-state index is 11.5. The van der Waals surface area contributed by atoms with Crippen LogP contribution in [0.15, 0.2) is 30.3 Å². The van der Waals surface area contributed by atoms with E-state index < -0.39 is 0 Å². The van der Waals surface area contributed by atoms with Crippen molar-refractivity contribution in [3.63, 3.8) is 0 Å². The van der Waals surface area contributed by atoms with E-state index in [0.29, 0.717) is 5.78 Å². The van der Waals surface area contributed by atoms with Gasteiger partial charge in [0.05, 0.1) is 0 Å². The summed E-state index contributed by atoms with van der Waals surface area (Å²) in [6, 6.07) is 10.6. The highest BCUT2D eigenvalue weighted by Crippen LogP contribution is 2.37. The van der Waals surface area contributed by atoms with Crippen molar-refractivity contribution in [1.29, 1.82) is 0 Å². The molecule has 1 saturated carbocycles. The van der Waals surface area contributed by atoms with Crippen LogP contribution in [0.5, 0.6) is 0 Å². The first kappa shape index (κ1) is 11.4. The summed E-state index contributed by atoms with van der Waals surface area (Å²) in [5.41, 5.74) is 1.65. The Bertz CT molecular complexity index is 355. The third kappa shape index (κ3) is 2.94. The highest BCUT2D eigenvalue weighted by Gasteiger charge is 2.30. The van der Waals surface area contributed by atoms with E-state index in [1.165, 1.54) is 12.0 Å². The molecule has 0 heterocycles. The molecule has 1 aliphatic rings. The third-order valence-corrected chi connectivity index (χ3v) is 3.72. The molecule has 16 heavy (non-hydrogen) atoms. The fourth-order valence-corrected chi connectivity index (χ4v) is 2.67. The van der Waals surface area contributed by atoms with E-state index in [1.807, 2.05) is 0 Å². The van der Waals surface area contributed by atoms with Crippen molar-refractivity contribution in [2.75, 3.05) is 0 Å². The Labute approximate surface area is 97.9 Å². The van der Waals surface area contributed by atoms with Gasteiger partial charge in [-0.2, -0.15) is 0 Å². The highest BCUT2D eigenvalue weighted by atomic mass is 16.1. The molecule has 1 atom stereocenters. The second-order valence-corrected chi connectivity index (χ2v) is 5.37. The van der Waals surface area contributed by atoms with Gasteiger partial charge in [-0.1, -0.05) is 37.3 Å².